The van der Waals surface area contributed by atoms with Crippen LogP contribution in [0.4, 0.5) is 21.9 Å². The average molecular weight is 630 g/mol. The fourth-order valence-corrected chi connectivity index (χ4v) is 4.53. The van der Waals surface area contributed by atoms with Crippen LogP contribution in [0.2, 0.25) is 0 Å². The van der Waals surface area contributed by atoms with Crippen molar-refractivity contribution in [3.8, 4) is 11.8 Å². The molecule has 3 aromatic carbocycles. The Bertz CT molecular complexity index is 1360. The van der Waals surface area contributed by atoms with Crippen molar-refractivity contribution in [1.82, 2.24) is 0 Å². The number of phenolic OH excluding ortho intramolecular Hbond substituents is 1. The van der Waals surface area contributed by atoms with Crippen LogP contribution < -0.4 is 16.4 Å². The summed E-state index contributed by atoms with van der Waals surface area (Å²) in [6.45, 7) is 0. The number of nitrogens with two attached hydrogens (primary N) is 1. The van der Waals surface area contributed by atoms with E-state index in [0.717, 1.165) is 0 Å². The number of methoxy groups -OCH3 is 1. The van der Waals surface area contributed by atoms with Crippen LogP contribution in [-0.2, 0) is 14.3 Å². The molecule has 0 heterocycles. The lowest BCUT2D eigenvalue weighted by atomic mass is 10.0. The van der Waals surface area contributed by atoms with Gasteiger partial charge in [-0.2, -0.15) is 5.26 Å². The number of hydrogen-bond donors (Lipinski definition) is 4. The van der Waals surface area contributed by atoms with E-state index in [-0.39, 0.29) is 11.3 Å². The lowest BCUT2D eigenvalue weighted by Gasteiger charge is -2.25. The minimum absolute atomic E-state index is 0.170. The van der Waals surface area contributed by atoms with Gasteiger partial charge in [-0.15, -0.1) is 0 Å². The molecule has 0 aromatic heterocycles. The number of halogens is 2. The summed E-state index contributed by atoms with van der Waals surface area (Å²) in [5, 5.41) is 24.9. The highest BCUT2D eigenvalue weighted by molar-refractivity contribution is 9.11. The predicted molar refractivity (Wildman–Crippen MR) is 147 cm³/mol. The Kier molecular flexibility index (Phi) is 9.68. The highest BCUT2D eigenvalue weighted by atomic mass is 79.9. The van der Waals surface area contributed by atoms with E-state index in [4.69, 9.17) is 20.5 Å². The second kappa shape index (κ2) is 12.9. The summed E-state index contributed by atoms with van der Waals surface area (Å²) in [5.41, 5.74) is 7.76. The van der Waals surface area contributed by atoms with Crippen molar-refractivity contribution in [2.24, 2.45) is 0 Å². The molecule has 11 heteroatoms. The van der Waals surface area contributed by atoms with E-state index >= 15 is 0 Å². The van der Waals surface area contributed by atoms with E-state index < -0.39 is 24.2 Å². The first-order valence-electron chi connectivity index (χ1n) is 10.7. The van der Waals surface area contributed by atoms with Crippen LogP contribution in [0.15, 0.2) is 81.8 Å². The lowest BCUT2D eigenvalue weighted by molar-refractivity contribution is -0.112. The molecule has 0 bridgehead atoms. The number of para-hydroxylation sites is 2. The Hall–Kier alpha value is -3.85. The van der Waals surface area contributed by atoms with E-state index in [1.165, 1.54) is 19.3 Å². The van der Waals surface area contributed by atoms with Crippen LogP contribution in [0.5, 0.6) is 5.75 Å². The van der Waals surface area contributed by atoms with Crippen molar-refractivity contribution in [2.75, 3.05) is 23.5 Å². The Balaban J connectivity index is 1.87. The maximum atomic E-state index is 12.8. The molecule has 5 N–H and O–H groups in total. The van der Waals surface area contributed by atoms with Crippen molar-refractivity contribution in [3.63, 3.8) is 0 Å². The maximum absolute atomic E-state index is 12.8. The van der Waals surface area contributed by atoms with Crippen LogP contribution in [0.3, 0.4) is 0 Å². The molecule has 0 aliphatic carbocycles. The number of anilines is 3. The Labute approximate surface area is 230 Å². The molecule has 0 radical (unpaired) electrons. The zero-order valence-corrected chi connectivity index (χ0v) is 22.6. The summed E-state index contributed by atoms with van der Waals surface area (Å²) in [6.07, 6.45) is -0.357. The molecule has 3 aromatic rings. The van der Waals surface area contributed by atoms with E-state index in [2.05, 4.69) is 42.5 Å². The number of hydrogen-bond acceptors (Lipinski definition) is 7. The van der Waals surface area contributed by atoms with Gasteiger partial charge in [-0.1, -0.05) is 28.1 Å². The van der Waals surface area contributed by atoms with Crippen LogP contribution in [0, 0.1) is 11.3 Å². The fourth-order valence-electron chi connectivity index (χ4n) is 3.27. The summed E-state index contributed by atoms with van der Waals surface area (Å²) >= 11 is 6.65. The maximum Gasteiger partial charge on any atom is 0.412 e. The van der Waals surface area contributed by atoms with E-state index in [9.17, 15) is 14.7 Å². The van der Waals surface area contributed by atoms with Gasteiger partial charge in [0, 0.05) is 28.9 Å². The Morgan fingerprint density at radius 3 is 2.46 bits per heavy atom. The third-order valence-electron chi connectivity index (χ3n) is 5.09. The molecular formula is C26H22Br2N4O5. The molecule has 2 atom stereocenters. The molecule has 0 spiro atoms. The highest BCUT2D eigenvalue weighted by Gasteiger charge is 2.29. The number of nitrogen functional groups attached to an aromatic ring is 1. The van der Waals surface area contributed by atoms with Gasteiger partial charge in [-0.3, -0.25) is 10.1 Å². The summed E-state index contributed by atoms with van der Waals surface area (Å²) in [5.74, 6) is -0.656. The van der Waals surface area contributed by atoms with E-state index in [1.807, 2.05) is 6.07 Å². The first-order chi connectivity index (χ1) is 17.7. The summed E-state index contributed by atoms with van der Waals surface area (Å²) in [7, 11) is 1.38. The topological polar surface area (TPSA) is 147 Å². The highest BCUT2D eigenvalue weighted by Crippen LogP contribution is 2.39. The summed E-state index contributed by atoms with van der Waals surface area (Å²) in [6, 6.07) is 18.2. The predicted octanol–water partition coefficient (Wildman–Crippen LogP) is 5.87. The van der Waals surface area contributed by atoms with Gasteiger partial charge < -0.3 is 25.6 Å². The van der Waals surface area contributed by atoms with Gasteiger partial charge in [-0.25, -0.2) is 4.79 Å². The standard InChI is InChI=1S/C26H22Br2N4O5/c1-36-22(10-11-23(33)32-21-5-3-2-4-20(21)30)25(18-12-16(27)13-19(28)24(18)34)37-26(35)31-17-8-6-15(14-29)7-9-17/h2-13,22,25,34H,30H2,1H3,(H,31,35)(H,32,33)/b11-10+/t22-,25-/m0/s1. The van der Waals surface area contributed by atoms with Gasteiger partial charge in [-0.05, 0) is 70.5 Å². The van der Waals surface area contributed by atoms with Crippen molar-refractivity contribution in [2.45, 2.75) is 12.2 Å². The third-order valence-corrected chi connectivity index (χ3v) is 6.15. The first kappa shape index (κ1) is 27.7. The van der Waals surface area contributed by atoms with Gasteiger partial charge in [0.15, 0.2) is 6.10 Å². The number of nitriles is 1. The molecule has 0 saturated carbocycles. The average Bonchev–Trinajstić information content (AvgIpc) is 2.87. The second-order valence-electron chi connectivity index (χ2n) is 7.60. The molecule has 9 nitrogen and oxygen atoms in total. The molecule has 0 unspecified atom stereocenters. The summed E-state index contributed by atoms with van der Waals surface area (Å²) in [4.78, 5) is 25.3. The van der Waals surface area contributed by atoms with Gasteiger partial charge >= 0.3 is 6.09 Å². The van der Waals surface area contributed by atoms with Gasteiger partial charge in [0.25, 0.3) is 0 Å². The minimum atomic E-state index is -1.16. The van der Waals surface area contributed by atoms with Gasteiger partial charge in [0.1, 0.15) is 11.9 Å². The number of nitrogens with zero attached hydrogens (tertiary/aromatic N) is 1. The number of aromatic hydroxyl groups is 1. The van der Waals surface area contributed by atoms with Gasteiger partial charge in [0.2, 0.25) is 5.91 Å². The normalized spacial score (nSPS) is 12.4. The van der Waals surface area contributed by atoms with Crippen molar-refractivity contribution >= 4 is 60.9 Å². The van der Waals surface area contributed by atoms with Crippen molar-refractivity contribution in [3.05, 3.63) is 92.9 Å². The molecule has 0 aliphatic heterocycles. The smallest absolute Gasteiger partial charge is 0.412 e. The zero-order chi connectivity index (χ0) is 26.9. The number of ether oxygens (including phenoxy) is 2. The van der Waals surface area contributed by atoms with Crippen molar-refractivity contribution < 1.29 is 24.2 Å². The molecule has 2 amide bonds. The molecule has 37 heavy (non-hydrogen) atoms. The first-order valence-corrected chi connectivity index (χ1v) is 12.3. The third kappa shape index (κ3) is 7.57. The fraction of sp³-hybridized carbons (Fsp3) is 0.115. The number of phenols is 1. The minimum Gasteiger partial charge on any atom is -0.506 e. The molecule has 0 aliphatic rings. The zero-order valence-electron chi connectivity index (χ0n) is 19.4. The number of amides is 2. The number of carbonyl (C=O) groups excluding carboxylic acids is 2. The van der Waals surface area contributed by atoms with Crippen LogP contribution in [-0.4, -0.2) is 30.3 Å². The molecule has 190 valence electrons. The van der Waals surface area contributed by atoms with Gasteiger partial charge in [0.05, 0.1) is 27.5 Å². The monoisotopic (exact) mass is 628 g/mol. The molecule has 0 saturated heterocycles. The number of benzene rings is 3. The number of nitrogens with one attached hydrogen (secondary N) is 2. The Morgan fingerprint density at radius 1 is 1.11 bits per heavy atom. The molecule has 3 rings (SSSR count). The largest absolute Gasteiger partial charge is 0.506 e. The van der Waals surface area contributed by atoms with Crippen LogP contribution in [0.25, 0.3) is 0 Å². The van der Waals surface area contributed by atoms with E-state index in [1.54, 1.807) is 60.7 Å². The summed E-state index contributed by atoms with van der Waals surface area (Å²) < 4.78 is 12.2. The van der Waals surface area contributed by atoms with Crippen LogP contribution >= 0.6 is 31.9 Å². The van der Waals surface area contributed by atoms with Crippen molar-refractivity contribution in [1.29, 1.82) is 5.26 Å². The Morgan fingerprint density at radius 2 is 1.81 bits per heavy atom. The number of rotatable bonds is 8. The molecule has 0 fully saturated rings. The van der Waals surface area contributed by atoms with E-state index in [0.29, 0.717) is 31.6 Å². The quantitative estimate of drug-likeness (QED) is 0.180. The SMILES string of the molecule is CO[C@@H](/C=C/C(=O)Nc1ccccc1N)[C@@H](OC(=O)Nc1ccc(C#N)cc1)c1cc(Br)cc(Br)c1O. The van der Waals surface area contributed by atoms with Crippen LogP contribution in [0.1, 0.15) is 17.2 Å². The molecular weight excluding hydrogens is 608 g/mol. The number of carbonyl (C=O) groups is 2. The lowest BCUT2D eigenvalue weighted by Crippen LogP contribution is -2.27. The second-order valence-corrected chi connectivity index (χ2v) is 9.37.